The van der Waals surface area contributed by atoms with Crippen molar-refractivity contribution in [3.8, 4) is 5.75 Å². The van der Waals surface area contributed by atoms with Gasteiger partial charge < -0.3 is 9.64 Å². The van der Waals surface area contributed by atoms with E-state index in [9.17, 15) is 18.0 Å². The minimum Gasteiger partial charge on any atom is -0.425 e. The maximum Gasteiger partial charge on any atom is 0.482 e. The van der Waals surface area contributed by atoms with Crippen LogP contribution >= 0.6 is 0 Å². The Morgan fingerprint density at radius 2 is 2.00 bits per heavy atom. The van der Waals surface area contributed by atoms with Crippen LogP contribution in [0.15, 0.2) is 24.3 Å². The summed E-state index contributed by atoms with van der Waals surface area (Å²) in [6.07, 6.45) is -4.02. The quantitative estimate of drug-likeness (QED) is 0.834. The van der Waals surface area contributed by atoms with E-state index in [2.05, 4.69) is 4.74 Å². The number of carbonyl (C=O) groups is 1. The van der Waals surface area contributed by atoms with Crippen LogP contribution in [0.4, 0.5) is 13.2 Å². The molecule has 0 aliphatic rings. The average molecular weight is 261 g/mol. The molecule has 1 aromatic rings. The molecule has 0 bridgehead atoms. The van der Waals surface area contributed by atoms with Gasteiger partial charge in [-0.15, -0.1) is 0 Å². The van der Waals surface area contributed by atoms with Gasteiger partial charge in [0.05, 0.1) is 0 Å². The lowest BCUT2D eigenvalue weighted by Crippen LogP contribution is -2.47. The van der Waals surface area contributed by atoms with E-state index in [1.807, 2.05) is 0 Å². The van der Waals surface area contributed by atoms with Crippen LogP contribution in [0.3, 0.4) is 0 Å². The normalized spacial score (nSPS) is 11.5. The van der Waals surface area contributed by atoms with Crippen molar-refractivity contribution < 1.29 is 22.7 Å². The molecule has 18 heavy (non-hydrogen) atoms. The zero-order chi connectivity index (χ0) is 13.9. The zero-order valence-corrected chi connectivity index (χ0v) is 10.3. The first-order chi connectivity index (χ1) is 8.24. The van der Waals surface area contributed by atoms with E-state index < -0.39 is 23.6 Å². The van der Waals surface area contributed by atoms with Crippen LogP contribution in [0, 0.1) is 5.82 Å². The fourth-order valence-electron chi connectivity index (χ4n) is 1.16. The summed E-state index contributed by atoms with van der Waals surface area (Å²) in [5.41, 5.74) is 0. The first-order valence-electron chi connectivity index (χ1n) is 5.33. The predicted octanol–water partition coefficient (Wildman–Crippen LogP) is 2.66. The highest BCUT2D eigenvalue weighted by Gasteiger charge is 2.45. The molecule has 6 heteroatoms. The van der Waals surface area contributed by atoms with Crippen molar-refractivity contribution in [3.63, 3.8) is 0 Å². The average Bonchev–Trinajstić information content (AvgIpc) is 2.26. The minimum absolute atomic E-state index is 0.389. The summed E-state index contributed by atoms with van der Waals surface area (Å²) in [5.74, 6) is -2.58. The lowest BCUT2D eigenvalue weighted by Gasteiger charge is -2.26. The predicted molar refractivity (Wildman–Crippen MR) is 59.9 cm³/mol. The number of hydrogen-bond donors (Lipinski definition) is 0. The molecular formula is C12H14F3NO2. The highest BCUT2D eigenvalue weighted by molar-refractivity contribution is 5.82. The Morgan fingerprint density at radius 3 is 2.50 bits per heavy atom. The number of benzene rings is 1. The summed E-state index contributed by atoms with van der Waals surface area (Å²) in [7, 11) is 1.25. The van der Waals surface area contributed by atoms with Crippen molar-refractivity contribution in [1.29, 1.82) is 0 Å². The molecule has 0 spiro atoms. The summed E-state index contributed by atoms with van der Waals surface area (Å²) in [5, 5.41) is 0. The first-order valence-corrected chi connectivity index (χ1v) is 5.33. The van der Waals surface area contributed by atoms with E-state index in [4.69, 9.17) is 0 Å². The SMILES string of the molecule is CC(C)N(C)C(=O)C(F)(F)Oc1cccc(F)c1. The topological polar surface area (TPSA) is 29.5 Å². The number of halogens is 3. The van der Waals surface area contributed by atoms with Crippen molar-refractivity contribution in [3.05, 3.63) is 30.1 Å². The molecule has 100 valence electrons. The third kappa shape index (κ3) is 3.38. The van der Waals surface area contributed by atoms with Gasteiger partial charge in [-0.25, -0.2) is 4.39 Å². The van der Waals surface area contributed by atoms with Gasteiger partial charge in [-0.1, -0.05) is 6.07 Å². The van der Waals surface area contributed by atoms with Gasteiger partial charge in [-0.3, -0.25) is 4.79 Å². The largest absolute Gasteiger partial charge is 0.482 e. The number of nitrogens with zero attached hydrogens (tertiary/aromatic N) is 1. The van der Waals surface area contributed by atoms with E-state index in [-0.39, 0.29) is 6.04 Å². The van der Waals surface area contributed by atoms with Gasteiger partial charge >= 0.3 is 12.0 Å². The molecule has 0 aromatic heterocycles. The van der Waals surface area contributed by atoms with E-state index >= 15 is 0 Å². The summed E-state index contributed by atoms with van der Waals surface area (Å²) < 4.78 is 44.1. The smallest absolute Gasteiger partial charge is 0.425 e. The van der Waals surface area contributed by atoms with Gasteiger partial charge in [0.25, 0.3) is 0 Å². The van der Waals surface area contributed by atoms with Crippen LogP contribution in [0.25, 0.3) is 0 Å². The van der Waals surface area contributed by atoms with Crippen LogP contribution < -0.4 is 4.74 Å². The molecule has 0 fully saturated rings. The van der Waals surface area contributed by atoms with Crippen LogP contribution in [0.2, 0.25) is 0 Å². The molecule has 0 unspecified atom stereocenters. The molecule has 0 saturated heterocycles. The van der Waals surface area contributed by atoms with Crippen molar-refractivity contribution in [2.75, 3.05) is 7.05 Å². The number of hydrogen-bond acceptors (Lipinski definition) is 2. The van der Waals surface area contributed by atoms with Crippen LogP contribution in [0.1, 0.15) is 13.8 Å². The van der Waals surface area contributed by atoms with Crippen molar-refractivity contribution in [1.82, 2.24) is 4.90 Å². The van der Waals surface area contributed by atoms with Crippen LogP contribution in [-0.4, -0.2) is 30.0 Å². The molecule has 0 heterocycles. The second-order valence-electron chi connectivity index (χ2n) is 4.09. The Labute approximate surface area is 103 Å². The highest BCUT2D eigenvalue weighted by Crippen LogP contribution is 2.24. The zero-order valence-electron chi connectivity index (χ0n) is 10.3. The number of carbonyl (C=O) groups excluding carboxylic acids is 1. The Hall–Kier alpha value is -1.72. The third-order valence-electron chi connectivity index (χ3n) is 2.39. The monoisotopic (exact) mass is 261 g/mol. The second kappa shape index (κ2) is 5.29. The number of likely N-dealkylation sites (N-methyl/N-ethyl adjacent to an activating group) is 1. The molecule has 0 aliphatic heterocycles. The fourth-order valence-corrected chi connectivity index (χ4v) is 1.16. The van der Waals surface area contributed by atoms with Crippen molar-refractivity contribution in [2.45, 2.75) is 26.0 Å². The fraction of sp³-hybridized carbons (Fsp3) is 0.417. The molecule has 0 saturated carbocycles. The lowest BCUT2D eigenvalue weighted by atomic mass is 10.3. The molecule has 1 aromatic carbocycles. The van der Waals surface area contributed by atoms with Gasteiger partial charge in [-0.05, 0) is 26.0 Å². The Balaban J connectivity index is 2.84. The molecule has 0 radical (unpaired) electrons. The van der Waals surface area contributed by atoms with Gasteiger partial charge in [0.1, 0.15) is 11.6 Å². The number of ether oxygens (including phenoxy) is 1. The highest BCUT2D eigenvalue weighted by atomic mass is 19.3. The molecule has 0 atom stereocenters. The molecular weight excluding hydrogens is 247 g/mol. The minimum atomic E-state index is -4.02. The third-order valence-corrected chi connectivity index (χ3v) is 2.39. The Kier molecular flexibility index (Phi) is 4.21. The van der Waals surface area contributed by atoms with Gasteiger partial charge in [0.15, 0.2) is 0 Å². The van der Waals surface area contributed by atoms with Gasteiger partial charge in [0, 0.05) is 19.2 Å². The van der Waals surface area contributed by atoms with E-state index in [0.29, 0.717) is 0 Å². The maximum absolute atomic E-state index is 13.5. The standard InChI is InChI=1S/C12H14F3NO2/c1-8(2)16(3)11(17)12(14,15)18-10-6-4-5-9(13)7-10/h4-8H,1-3H3. The van der Waals surface area contributed by atoms with Crippen LogP contribution in [-0.2, 0) is 4.79 Å². The van der Waals surface area contributed by atoms with E-state index in [1.165, 1.54) is 13.1 Å². The molecule has 1 amide bonds. The number of alkyl halides is 2. The molecule has 1 rings (SSSR count). The summed E-state index contributed by atoms with van der Waals surface area (Å²) >= 11 is 0. The second-order valence-corrected chi connectivity index (χ2v) is 4.09. The summed E-state index contributed by atoms with van der Waals surface area (Å²) in [6.45, 7) is 3.19. The van der Waals surface area contributed by atoms with E-state index in [1.54, 1.807) is 13.8 Å². The lowest BCUT2D eigenvalue weighted by molar-refractivity contribution is -0.203. The van der Waals surface area contributed by atoms with Crippen LogP contribution in [0.5, 0.6) is 5.75 Å². The molecule has 0 N–H and O–H groups in total. The summed E-state index contributed by atoms with van der Waals surface area (Å²) in [4.78, 5) is 12.3. The van der Waals surface area contributed by atoms with Gasteiger partial charge in [0.2, 0.25) is 0 Å². The first kappa shape index (κ1) is 14.3. The Bertz CT molecular complexity index is 435. The molecule has 0 aliphatic carbocycles. The number of rotatable bonds is 4. The van der Waals surface area contributed by atoms with Crippen molar-refractivity contribution >= 4 is 5.91 Å². The van der Waals surface area contributed by atoms with Crippen molar-refractivity contribution in [2.24, 2.45) is 0 Å². The maximum atomic E-state index is 13.5. The molecule has 3 nitrogen and oxygen atoms in total. The van der Waals surface area contributed by atoms with E-state index in [0.717, 1.165) is 23.1 Å². The summed E-state index contributed by atoms with van der Waals surface area (Å²) in [6, 6.07) is 3.86. The van der Waals surface area contributed by atoms with Gasteiger partial charge in [-0.2, -0.15) is 8.78 Å². The number of amides is 1. The Morgan fingerprint density at radius 1 is 1.39 bits per heavy atom.